The Kier molecular flexibility index (Phi) is 8.29. The lowest BCUT2D eigenvalue weighted by molar-refractivity contribution is -0.131. The van der Waals surface area contributed by atoms with E-state index in [0.29, 0.717) is 43.0 Å². The number of para-hydroxylation sites is 2. The second kappa shape index (κ2) is 12.1. The third kappa shape index (κ3) is 6.33. The predicted octanol–water partition coefficient (Wildman–Crippen LogP) is 6.76. The molecule has 3 aromatic carbocycles. The number of anilines is 2. The minimum absolute atomic E-state index is 0.159. The number of nitrogens with one attached hydrogen (secondary N) is 2. The monoisotopic (exact) mass is 600 g/mol. The Morgan fingerprint density at radius 1 is 0.953 bits per heavy atom. The molecule has 6 rings (SSSR count). The Bertz CT molecular complexity index is 1610. The molecule has 3 aromatic rings. The van der Waals surface area contributed by atoms with Crippen LogP contribution in [0, 0.1) is 11.8 Å². The van der Waals surface area contributed by atoms with Gasteiger partial charge in [0, 0.05) is 18.6 Å². The number of benzene rings is 3. The first-order valence-electron chi connectivity index (χ1n) is 15.4. The number of aliphatic imine (C=N–C) groups is 1. The Hall–Kier alpha value is -3.69. The first-order valence-corrected chi connectivity index (χ1v) is 16.8. The molecular weight excluding hydrogens is 560 g/mol. The molecule has 9 heteroatoms. The Morgan fingerprint density at radius 3 is 2.44 bits per heavy atom. The van der Waals surface area contributed by atoms with Crippen molar-refractivity contribution in [3.8, 4) is 11.1 Å². The maximum atomic E-state index is 13.8. The molecule has 0 aromatic heterocycles. The fourth-order valence-electron chi connectivity index (χ4n) is 6.60. The van der Waals surface area contributed by atoms with Gasteiger partial charge in [0.05, 0.1) is 24.5 Å². The fourth-order valence-corrected chi connectivity index (χ4v) is 7.57. The number of ether oxygens (including phenoxy) is 1. The Labute approximate surface area is 254 Å². The van der Waals surface area contributed by atoms with E-state index < -0.39 is 15.7 Å². The summed E-state index contributed by atoms with van der Waals surface area (Å²) >= 11 is 0. The largest absolute Gasteiger partial charge is 0.377 e. The highest BCUT2D eigenvalue weighted by Crippen LogP contribution is 2.59. The molecular formula is C34H40N4O4S. The van der Waals surface area contributed by atoms with Crippen molar-refractivity contribution in [2.45, 2.75) is 71.1 Å². The number of nitrogens with zero attached hydrogens (tertiary/aromatic N) is 2. The highest BCUT2D eigenvalue weighted by molar-refractivity contribution is 7.94. The molecule has 8 nitrogen and oxygen atoms in total. The molecule has 0 radical (unpaired) electrons. The van der Waals surface area contributed by atoms with Gasteiger partial charge in [0.2, 0.25) is 0 Å². The van der Waals surface area contributed by atoms with Crippen LogP contribution in [0.1, 0.15) is 63.5 Å². The second-order valence-corrected chi connectivity index (χ2v) is 13.4. The average molecular weight is 601 g/mol. The molecule has 226 valence electrons. The van der Waals surface area contributed by atoms with E-state index >= 15 is 0 Å². The van der Waals surface area contributed by atoms with Crippen molar-refractivity contribution < 1.29 is 17.9 Å². The van der Waals surface area contributed by atoms with Crippen molar-refractivity contribution >= 4 is 33.3 Å². The molecule has 0 saturated heterocycles. The van der Waals surface area contributed by atoms with Gasteiger partial charge in [-0.2, -0.15) is 8.42 Å². The van der Waals surface area contributed by atoms with Crippen molar-refractivity contribution in [1.29, 1.82) is 0 Å². The molecule has 3 aliphatic rings. The number of hydrogen-bond donors (Lipinski definition) is 2. The summed E-state index contributed by atoms with van der Waals surface area (Å²) in [4.78, 5) is 20.9. The quantitative estimate of drug-likeness (QED) is 0.226. The van der Waals surface area contributed by atoms with E-state index in [1.807, 2.05) is 42.2 Å². The molecule has 0 bridgehead atoms. The van der Waals surface area contributed by atoms with Crippen molar-refractivity contribution in [2.24, 2.45) is 16.8 Å². The summed E-state index contributed by atoms with van der Waals surface area (Å²) in [6.45, 7) is 5.48. The zero-order valence-electron chi connectivity index (χ0n) is 24.9. The summed E-state index contributed by atoms with van der Waals surface area (Å²) in [5.74, 6) is 2.41. The minimum Gasteiger partial charge on any atom is -0.377 e. The van der Waals surface area contributed by atoms with Gasteiger partial charge in [0.1, 0.15) is 11.4 Å². The van der Waals surface area contributed by atoms with Crippen LogP contribution in [0.25, 0.3) is 11.1 Å². The van der Waals surface area contributed by atoms with E-state index in [2.05, 4.69) is 22.4 Å². The van der Waals surface area contributed by atoms with Crippen LogP contribution in [0.5, 0.6) is 0 Å². The molecule has 1 aliphatic heterocycles. The Balaban J connectivity index is 1.27. The maximum absolute atomic E-state index is 13.8. The lowest BCUT2D eigenvalue weighted by Crippen LogP contribution is -2.41. The van der Waals surface area contributed by atoms with Crippen LogP contribution in [-0.2, 0) is 32.9 Å². The summed E-state index contributed by atoms with van der Waals surface area (Å²) in [6.07, 6.45) is 5.90. The second-order valence-electron chi connectivity index (χ2n) is 12.0. The number of hydrogen-bond acceptors (Lipinski definition) is 5. The number of carbonyl (C=O) groups is 1. The third-order valence-corrected chi connectivity index (χ3v) is 9.77. The van der Waals surface area contributed by atoms with Gasteiger partial charge in [0.25, 0.3) is 5.91 Å². The van der Waals surface area contributed by atoms with Gasteiger partial charge >= 0.3 is 10.2 Å². The Morgan fingerprint density at radius 2 is 1.70 bits per heavy atom. The van der Waals surface area contributed by atoms with Gasteiger partial charge in [-0.1, -0.05) is 67.9 Å². The topological polar surface area (TPSA) is 100 Å². The molecule has 1 amide bonds. The van der Waals surface area contributed by atoms with Gasteiger partial charge in [0.15, 0.2) is 0 Å². The van der Waals surface area contributed by atoms with Crippen LogP contribution in [0.2, 0.25) is 0 Å². The van der Waals surface area contributed by atoms with Crippen molar-refractivity contribution in [3.05, 3.63) is 83.9 Å². The number of carbonyl (C=O) groups excluding carboxylic acids is 1. The number of amidine groups is 1. The molecule has 43 heavy (non-hydrogen) atoms. The van der Waals surface area contributed by atoms with Crippen molar-refractivity contribution in [3.63, 3.8) is 0 Å². The van der Waals surface area contributed by atoms with Gasteiger partial charge < -0.3 is 4.74 Å². The maximum Gasteiger partial charge on any atom is 0.321 e. The fraction of sp³-hybridized carbons (Fsp3) is 0.412. The molecule has 2 saturated carbocycles. The molecule has 2 unspecified atom stereocenters. The van der Waals surface area contributed by atoms with Crippen LogP contribution in [0.15, 0.2) is 77.8 Å². The highest BCUT2D eigenvalue weighted by Gasteiger charge is 2.61. The molecule has 3 atom stereocenters. The molecule has 2 aliphatic carbocycles. The van der Waals surface area contributed by atoms with Crippen molar-refractivity contribution in [2.75, 3.05) is 16.1 Å². The SMILES string of the molecule is CCCCC1=NC2(CC3C[C@H]3C2)C(=O)N1Cc1ccc(-c2ccccc2NS(=O)(=O)Nc2ccccc2)c(COCC)c1. The third-order valence-electron chi connectivity index (χ3n) is 8.78. The summed E-state index contributed by atoms with van der Waals surface area (Å²) in [5.41, 5.74) is 3.93. The standard InChI is InChI=1S/C34H40N4O4S/c1-3-5-15-32-35-34(20-25-19-26(25)21-34)33(39)38(32)22-24-16-17-29(27(18-24)23-42-4-2)30-13-9-10-14-31(30)37-43(40,41)36-28-11-7-6-8-12-28/h6-14,16-18,25-26,36-37H,3-5,15,19-23H2,1-2H3/t25-,26?,34?/m0/s1. The average Bonchev–Trinajstić information content (AvgIpc) is 3.54. The van der Waals surface area contributed by atoms with Crippen LogP contribution in [0.3, 0.4) is 0 Å². The van der Waals surface area contributed by atoms with Crippen LogP contribution >= 0.6 is 0 Å². The molecule has 2 N–H and O–H groups in total. The number of unbranched alkanes of at least 4 members (excludes halogenated alkanes) is 1. The number of amides is 1. The minimum atomic E-state index is -3.89. The zero-order chi connectivity index (χ0) is 30.0. The van der Waals surface area contributed by atoms with E-state index in [1.54, 1.807) is 36.4 Å². The van der Waals surface area contributed by atoms with Crippen LogP contribution in [-0.4, -0.2) is 37.2 Å². The number of fused-ring (bicyclic) bond motifs is 1. The summed E-state index contributed by atoms with van der Waals surface area (Å²) < 4.78 is 37.2. The van der Waals surface area contributed by atoms with Crippen LogP contribution in [0.4, 0.5) is 11.4 Å². The summed E-state index contributed by atoms with van der Waals surface area (Å²) in [6, 6.07) is 22.2. The first kappa shape index (κ1) is 29.4. The van der Waals surface area contributed by atoms with E-state index in [4.69, 9.17) is 9.73 Å². The normalized spacial score (nSPS) is 22.5. The first-order chi connectivity index (χ1) is 20.8. The van der Waals surface area contributed by atoms with E-state index in [9.17, 15) is 13.2 Å². The molecule has 1 spiro atoms. The highest BCUT2D eigenvalue weighted by atomic mass is 32.2. The van der Waals surface area contributed by atoms with E-state index in [0.717, 1.165) is 60.2 Å². The zero-order valence-corrected chi connectivity index (χ0v) is 25.7. The van der Waals surface area contributed by atoms with Gasteiger partial charge in [-0.15, -0.1) is 0 Å². The van der Waals surface area contributed by atoms with Gasteiger partial charge in [-0.3, -0.25) is 24.1 Å². The van der Waals surface area contributed by atoms with Gasteiger partial charge in [-0.05, 0) is 79.3 Å². The van der Waals surface area contributed by atoms with E-state index in [-0.39, 0.29) is 5.91 Å². The molecule has 1 heterocycles. The van der Waals surface area contributed by atoms with Crippen molar-refractivity contribution in [1.82, 2.24) is 4.90 Å². The molecule has 2 fully saturated rings. The lowest BCUT2D eigenvalue weighted by atomic mass is 9.93. The van der Waals surface area contributed by atoms with Crippen LogP contribution < -0.4 is 9.44 Å². The van der Waals surface area contributed by atoms with E-state index in [1.165, 1.54) is 6.42 Å². The summed E-state index contributed by atoms with van der Waals surface area (Å²) in [7, 11) is -3.89. The smallest absolute Gasteiger partial charge is 0.321 e. The van der Waals surface area contributed by atoms with Gasteiger partial charge in [-0.25, -0.2) is 0 Å². The lowest BCUT2D eigenvalue weighted by Gasteiger charge is -2.24. The summed E-state index contributed by atoms with van der Waals surface area (Å²) in [5, 5.41) is 0. The number of rotatable bonds is 13. The predicted molar refractivity (Wildman–Crippen MR) is 171 cm³/mol.